The molecule has 3 heterocycles. The Bertz CT molecular complexity index is 1210. The number of nitrogens with zero attached hydrogens (tertiary/aromatic N) is 5. The van der Waals surface area contributed by atoms with Crippen molar-refractivity contribution in [2.45, 2.75) is 6.04 Å². The summed E-state index contributed by atoms with van der Waals surface area (Å²) in [4.78, 5) is 38.4. The second kappa shape index (κ2) is 9.81. The summed E-state index contributed by atoms with van der Waals surface area (Å²) in [5.74, 6) is -0.752. The molecule has 3 rings (SSSR count). The summed E-state index contributed by atoms with van der Waals surface area (Å²) in [6.45, 7) is 3.95. The van der Waals surface area contributed by atoms with Crippen LogP contribution < -0.4 is 10.1 Å². The van der Waals surface area contributed by atoms with Gasteiger partial charge in [-0.3, -0.25) is 9.59 Å². The van der Waals surface area contributed by atoms with E-state index in [2.05, 4.69) is 26.8 Å². The number of aromatic nitrogens is 3. The van der Waals surface area contributed by atoms with Gasteiger partial charge in [-0.05, 0) is 29.8 Å². The lowest BCUT2D eigenvalue weighted by Crippen LogP contribution is -2.51. The molecular formula is C20H23ClN6O5S. The van der Waals surface area contributed by atoms with Gasteiger partial charge in [-0.2, -0.15) is 14.3 Å². The normalized spacial score (nSPS) is 16.8. The van der Waals surface area contributed by atoms with Crippen LogP contribution in [0.3, 0.4) is 0 Å². The van der Waals surface area contributed by atoms with Crippen LogP contribution in [0, 0.1) is 0 Å². The molecule has 0 aromatic carbocycles. The first-order valence-electron chi connectivity index (χ1n) is 9.78. The van der Waals surface area contributed by atoms with Crippen molar-refractivity contribution < 1.29 is 22.7 Å². The summed E-state index contributed by atoms with van der Waals surface area (Å²) in [6, 6.07) is 3.82. The minimum absolute atomic E-state index is 0.0485. The Hall–Kier alpha value is -3.09. The molecule has 176 valence electrons. The number of sulfonamides is 1. The first-order valence-corrected chi connectivity index (χ1v) is 12.0. The van der Waals surface area contributed by atoms with Crippen LogP contribution in [0.1, 0.15) is 22.1 Å². The number of hydrogen-bond acceptors (Lipinski definition) is 8. The van der Waals surface area contributed by atoms with E-state index < -0.39 is 22.0 Å². The van der Waals surface area contributed by atoms with Crippen molar-refractivity contribution in [1.29, 1.82) is 0 Å². The van der Waals surface area contributed by atoms with E-state index in [9.17, 15) is 18.0 Å². The molecule has 1 aliphatic heterocycles. The van der Waals surface area contributed by atoms with Gasteiger partial charge < -0.3 is 15.0 Å². The van der Waals surface area contributed by atoms with Gasteiger partial charge in [0.25, 0.3) is 5.91 Å². The van der Waals surface area contributed by atoms with Crippen molar-refractivity contribution in [3.05, 3.63) is 47.3 Å². The van der Waals surface area contributed by atoms with Crippen molar-refractivity contribution in [2.75, 3.05) is 40.0 Å². The number of amides is 2. The SMILES string of the molecule is C=CC(=O)N1CCN(S(C)(=O)=O)[C@H](c2cc(Cl)nc(-c3cc(C(=O)NC)nc(OC)n3)c2)C1. The lowest BCUT2D eigenvalue weighted by molar-refractivity contribution is -0.128. The lowest BCUT2D eigenvalue weighted by atomic mass is 10.0. The first kappa shape index (κ1) is 24.6. The zero-order valence-electron chi connectivity index (χ0n) is 18.3. The van der Waals surface area contributed by atoms with Crippen LogP contribution in [-0.2, 0) is 14.8 Å². The van der Waals surface area contributed by atoms with Crippen molar-refractivity contribution in [1.82, 2.24) is 29.5 Å². The molecule has 0 radical (unpaired) electrons. The largest absolute Gasteiger partial charge is 0.467 e. The van der Waals surface area contributed by atoms with E-state index in [1.54, 1.807) is 6.07 Å². The monoisotopic (exact) mass is 494 g/mol. The fraction of sp³-hybridized carbons (Fsp3) is 0.350. The zero-order chi connectivity index (χ0) is 24.3. The number of halogens is 1. The van der Waals surface area contributed by atoms with Gasteiger partial charge in [0.15, 0.2) is 0 Å². The van der Waals surface area contributed by atoms with Crippen LogP contribution in [0.2, 0.25) is 5.15 Å². The topological polar surface area (TPSA) is 135 Å². The number of ether oxygens (including phenoxy) is 1. The molecule has 1 atom stereocenters. The summed E-state index contributed by atoms with van der Waals surface area (Å²) in [5, 5.41) is 2.56. The highest BCUT2D eigenvalue weighted by atomic mass is 35.5. The van der Waals surface area contributed by atoms with E-state index in [0.717, 1.165) is 6.26 Å². The van der Waals surface area contributed by atoms with Crippen LogP contribution >= 0.6 is 11.6 Å². The number of hydrogen-bond donors (Lipinski definition) is 1. The molecule has 13 heteroatoms. The molecule has 0 aliphatic carbocycles. The molecule has 0 bridgehead atoms. The highest BCUT2D eigenvalue weighted by Gasteiger charge is 2.35. The Morgan fingerprint density at radius 3 is 2.52 bits per heavy atom. The first-order chi connectivity index (χ1) is 15.6. The maximum absolute atomic E-state index is 12.5. The molecule has 33 heavy (non-hydrogen) atoms. The Labute approximate surface area is 196 Å². The van der Waals surface area contributed by atoms with E-state index in [1.807, 2.05) is 0 Å². The van der Waals surface area contributed by atoms with Crippen LogP contribution in [0.5, 0.6) is 6.01 Å². The third-order valence-corrected chi connectivity index (χ3v) is 6.54. The van der Waals surface area contributed by atoms with E-state index in [-0.39, 0.29) is 53.8 Å². The number of carbonyl (C=O) groups excluding carboxylic acids is 2. The van der Waals surface area contributed by atoms with Gasteiger partial charge in [-0.25, -0.2) is 13.4 Å². The highest BCUT2D eigenvalue weighted by Crippen LogP contribution is 2.32. The molecule has 2 amide bonds. The number of rotatable bonds is 6. The van der Waals surface area contributed by atoms with Crippen molar-refractivity contribution in [3.63, 3.8) is 0 Å². The minimum Gasteiger partial charge on any atom is -0.467 e. The smallest absolute Gasteiger partial charge is 0.317 e. The van der Waals surface area contributed by atoms with E-state index in [1.165, 1.54) is 41.6 Å². The van der Waals surface area contributed by atoms with Gasteiger partial charge in [0.2, 0.25) is 15.9 Å². The van der Waals surface area contributed by atoms with Crippen LogP contribution in [-0.4, -0.2) is 84.4 Å². The Balaban J connectivity index is 2.11. The standard InChI is InChI=1S/C20H23ClN6O5S/c1-5-18(28)26-6-7-27(33(4,30)31)16(11-26)12-8-13(23-17(21)9-12)14-10-15(19(29)22-2)25-20(24-14)32-3/h5,8-10,16H,1,6-7,11H2,2-4H3,(H,22,29)/t16-/m0/s1. The fourth-order valence-corrected chi connectivity index (χ4v) is 4.78. The zero-order valence-corrected chi connectivity index (χ0v) is 19.9. The molecule has 1 aliphatic rings. The summed E-state index contributed by atoms with van der Waals surface area (Å²) < 4.78 is 31.3. The molecule has 1 N–H and O–H groups in total. The average molecular weight is 495 g/mol. The van der Waals surface area contributed by atoms with Gasteiger partial charge in [0, 0.05) is 26.7 Å². The number of piperazine rings is 1. The van der Waals surface area contributed by atoms with Gasteiger partial charge >= 0.3 is 6.01 Å². The Kier molecular flexibility index (Phi) is 7.30. The van der Waals surface area contributed by atoms with Gasteiger partial charge in [-0.15, -0.1) is 0 Å². The van der Waals surface area contributed by atoms with Crippen molar-refractivity contribution in [3.8, 4) is 17.4 Å². The summed E-state index contributed by atoms with van der Waals surface area (Å²) >= 11 is 6.28. The third kappa shape index (κ3) is 5.46. The maximum Gasteiger partial charge on any atom is 0.317 e. The number of methoxy groups -OCH3 is 1. The molecule has 0 unspecified atom stereocenters. The summed E-state index contributed by atoms with van der Waals surface area (Å²) in [6.07, 6.45) is 2.30. The highest BCUT2D eigenvalue weighted by molar-refractivity contribution is 7.88. The van der Waals surface area contributed by atoms with Crippen molar-refractivity contribution >= 4 is 33.4 Å². The molecular weight excluding hydrogens is 472 g/mol. The molecule has 0 saturated carbocycles. The summed E-state index contributed by atoms with van der Waals surface area (Å²) in [5.41, 5.74) is 1.10. The lowest BCUT2D eigenvalue weighted by Gasteiger charge is -2.40. The van der Waals surface area contributed by atoms with Crippen LogP contribution in [0.25, 0.3) is 11.4 Å². The molecule has 0 spiro atoms. The summed E-state index contributed by atoms with van der Waals surface area (Å²) in [7, 11) is -0.768. The molecule has 1 fully saturated rings. The van der Waals surface area contributed by atoms with Gasteiger partial charge in [0.05, 0.1) is 30.8 Å². The average Bonchev–Trinajstić information content (AvgIpc) is 2.81. The van der Waals surface area contributed by atoms with Crippen LogP contribution in [0.4, 0.5) is 0 Å². The second-order valence-electron chi connectivity index (χ2n) is 7.19. The Morgan fingerprint density at radius 2 is 1.91 bits per heavy atom. The van der Waals surface area contributed by atoms with E-state index in [0.29, 0.717) is 5.56 Å². The van der Waals surface area contributed by atoms with Gasteiger partial charge in [0.1, 0.15) is 10.8 Å². The van der Waals surface area contributed by atoms with E-state index >= 15 is 0 Å². The molecule has 2 aromatic rings. The van der Waals surface area contributed by atoms with Crippen LogP contribution in [0.15, 0.2) is 30.9 Å². The van der Waals surface area contributed by atoms with Crippen molar-refractivity contribution in [2.24, 2.45) is 0 Å². The van der Waals surface area contributed by atoms with E-state index in [4.69, 9.17) is 16.3 Å². The number of nitrogens with one attached hydrogen (secondary N) is 1. The maximum atomic E-state index is 12.5. The molecule has 2 aromatic heterocycles. The third-order valence-electron chi connectivity index (χ3n) is 5.06. The molecule has 1 saturated heterocycles. The predicted octanol–water partition coefficient (Wildman–Crippen LogP) is 0.891. The Morgan fingerprint density at radius 1 is 1.21 bits per heavy atom. The number of carbonyl (C=O) groups is 2. The predicted molar refractivity (Wildman–Crippen MR) is 121 cm³/mol. The van der Waals surface area contributed by atoms with Gasteiger partial charge in [-0.1, -0.05) is 18.2 Å². The second-order valence-corrected chi connectivity index (χ2v) is 9.51. The number of pyridine rings is 1. The minimum atomic E-state index is -3.59. The molecule has 11 nitrogen and oxygen atoms in total. The quantitative estimate of drug-likeness (QED) is 0.462. The fourth-order valence-electron chi connectivity index (χ4n) is 3.50.